The third kappa shape index (κ3) is 6.55. The van der Waals surface area contributed by atoms with Gasteiger partial charge in [-0.15, -0.1) is 0 Å². The van der Waals surface area contributed by atoms with Gasteiger partial charge < -0.3 is 10.2 Å². The Bertz CT molecular complexity index is 1020. The average Bonchev–Trinajstić information content (AvgIpc) is 2.88. The maximum absolute atomic E-state index is 12.8. The van der Waals surface area contributed by atoms with Gasteiger partial charge in [0, 0.05) is 39.1 Å². The minimum atomic E-state index is -0.161. The van der Waals surface area contributed by atoms with E-state index in [-0.39, 0.29) is 17.9 Å². The van der Waals surface area contributed by atoms with Gasteiger partial charge in [0.05, 0.1) is 12.5 Å². The van der Waals surface area contributed by atoms with Crippen LogP contribution in [0.25, 0.3) is 0 Å². The summed E-state index contributed by atoms with van der Waals surface area (Å²) in [6.07, 6.45) is 0.885. The molecule has 5 nitrogen and oxygen atoms in total. The van der Waals surface area contributed by atoms with Gasteiger partial charge in [0.1, 0.15) is 0 Å². The number of piperazine rings is 1. The van der Waals surface area contributed by atoms with Gasteiger partial charge in [0.2, 0.25) is 11.8 Å². The number of amides is 2. The first kappa shape index (κ1) is 23.7. The molecule has 1 saturated heterocycles. The van der Waals surface area contributed by atoms with Gasteiger partial charge in [-0.25, -0.2) is 0 Å². The van der Waals surface area contributed by atoms with E-state index >= 15 is 0 Å². The summed E-state index contributed by atoms with van der Waals surface area (Å²) in [5.74, 6) is 0.213. The summed E-state index contributed by atoms with van der Waals surface area (Å²) in [5, 5.41) is 3.22. The van der Waals surface area contributed by atoms with Crippen molar-refractivity contribution in [2.75, 3.05) is 32.7 Å². The molecule has 1 aliphatic rings. The zero-order chi connectivity index (χ0) is 23.8. The average molecular weight is 456 g/mol. The van der Waals surface area contributed by atoms with Crippen LogP contribution >= 0.6 is 0 Å². The highest BCUT2D eigenvalue weighted by Crippen LogP contribution is 2.22. The van der Waals surface area contributed by atoms with Crippen LogP contribution < -0.4 is 5.32 Å². The standard InChI is InChI=1S/C29H33N3O2/c1-23-12-14-24(15-13-23)22-28(34)32-20-18-31(19-21-32)17-16-27(33)30-29(25-8-4-2-5-9-25)26-10-6-3-7-11-26/h2-15,29H,16-22H2,1H3,(H,30,33). The fourth-order valence-electron chi connectivity index (χ4n) is 4.36. The first-order valence-electron chi connectivity index (χ1n) is 12.0. The summed E-state index contributed by atoms with van der Waals surface area (Å²) in [6, 6.07) is 28.1. The van der Waals surface area contributed by atoms with Crippen LogP contribution in [0.5, 0.6) is 0 Å². The highest BCUT2D eigenvalue weighted by atomic mass is 16.2. The van der Waals surface area contributed by atoms with Gasteiger partial charge in [-0.3, -0.25) is 14.5 Å². The van der Waals surface area contributed by atoms with E-state index in [1.165, 1.54) is 5.56 Å². The molecule has 1 aliphatic heterocycles. The lowest BCUT2D eigenvalue weighted by molar-refractivity contribution is -0.132. The number of hydrogen-bond acceptors (Lipinski definition) is 3. The molecule has 0 unspecified atom stereocenters. The molecule has 0 radical (unpaired) electrons. The molecule has 0 bridgehead atoms. The Hall–Kier alpha value is -3.44. The van der Waals surface area contributed by atoms with Crippen molar-refractivity contribution >= 4 is 11.8 Å². The van der Waals surface area contributed by atoms with E-state index in [1.54, 1.807) is 0 Å². The van der Waals surface area contributed by atoms with Crippen LogP contribution in [0.1, 0.15) is 34.7 Å². The van der Waals surface area contributed by atoms with Gasteiger partial charge in [-0.2, -0.15) is 0 Å². The number of nitrogens with one attached hydrogen (secondary N) is 1. The molecule has 3 aromatic rings. The zero-order valence-corrected chi connectivity index (χ0v) is 19.8. The molecule has 0 saturated carbocycles. The van der Waals surface area contributed by atoms with Crippen molar-refractivity contribution in [2.24, 2.45) is 0 Å². The predicted molar refractivity (Wildman–Crippen MR) is 135 cm³/mol. The maximum Gasteiger partial charge on any atom is 0.227 e. The summed E-state index contributed by atoms with van der Waals surface area (Å²) in [7, 11) is 0. The maximum atomic E-state index is 12.8. The SMILES string of the molecule is Cc1ccc(CC(=O)N2CCN(CCC(=O)NC(c3ccccc3)c3ccccc3)CC2)cc1. The van der Waals surface area contributed by atoms with Crippen LogP contribution in [0.2, 0.25) is 0 Å². The molecule has 0 spiro atoms. The number of rotatable bonds is 8. The van der Waals surface area contributed by atoms with Crippen LogP contribution in [-0.2, 0) is 16.0 Å². The third-order valence-electron chi connectivity index (χ3n) is 6.43. The Balaban J connectivity index is 1.25. The number of aryl methyl sites for hydroxylation is 1. The quantitative estimate of drug-likeness (QED) is 0.559. The Kier molecular flexibility index (Phi) is 8.10. The molecule has 176 valence electrons. The van der Waals surface area contributed by atoms with Crippen LogP contribution in [0.15, 0.2) is 84.9 Å². The van der Waals surface area contributed by atoms with E-state index in [0.29, 0.717) is 32.5 Å². The molecule has 1 fully saturated rings. The van der Waals surface area contributed by atoms with Crippen LogP contribution in [-0.4, -0.2) is 54.3 Å². The summed E-state index contributed by atoms with van der Waals surface area (Å²) in [4.78, 5) is 29.7. The predicted octanol–water partition coefficient (Wildman–Crippen LogP) is 3.98. The van der Waals surface area contributed by atoms with Crippen LogP contribution in [0, 0.1) is 6.92 Å². The van der Waals surface area contributed by atoms with Crippen LogP contribution in [0.3, 0.4) is 0 Å². The minimum absolute atomic E-state index is 0.0376. The summed E-state index contributed by atoms with van der Waals surface area (Å²) >= 11 is 0. The van der Waals surface area contributed by atoms with Crippen LogP contribution in [0.4, 0.5) is 0 Å². The highest BCUT2D eigenvalue weighted by molar-refractivity contribution is 5.79. The summed E-state index contributed by atoms with van der Waals surface area (Å²) in [6.45, 7) is 5.77. The monoisotopic (exact) mass is 455 g/mol. The number of carbonyl (C=O) groups excluding carboxylic acids is 2. The molecule has 0 aromatic heterocycles. The van der Waals surface area contributed by atoms with Crippen molar-refractivity contribution in [1.82, 2.24) is 15.1 Å². The lowest BCUT2D eigenvalue weighted by atomic mass is 9.98. The lowest BCUT2D eigenvalue weighted by Crippen LogP contribution is -2.49. The first-order valence-corrected chi connectivity index (χ1v) is 12.0. The molecule has 34 heavy (non-hydrogen) atoms. The van der Waals surface area contributed by atoms with Crippen molar-refractivity contribution in [3.8, 4) is 0 Å². The molecule has 0 aliphatic carbocycles. The minimum Gasteiger partial charge on any atom is -0.345 e. The topological polar surface area (TPSA) is 52.7 Å². The summed E-state index contributed by atoms with van der Waals surface area (Å²) < 4.78 is 0. The van der Waals surface area contributed by atoms with Gasteiger partial charge in [0.15, 0.2) is 0 Å². The number of hydrogen-bond donors (Lipinski definition) is 1. The fraction of sp³-hybridized carbons (Fsp3) is 0.310. The van der Waals surface area contributed by atoms with E-state index in [4.69, 9.17) is 0 Å². The number of benzene rings is 3. The van der Waals surface area contributed by atoms with E-state index < -0.39 is 0 Å². The molecule has 5 heteroatoms. The fourth-order valence-corrected chi connectivity index (χ4v) is 4.36. The Morgan fingerprint density at radius 3 is 1.91 bits per heavy atom. The van der Waals surface area contributed by atoms with Crippen molar-refractivity contribution < 1.29 is 9.59 Å². The lowest BCUT2D eigenvalue weighted by Gasteiger charge is -2.34. The zero-order valence-electron chi connectivity index (χ0n) is 19.8. The van der Waals surface area contributed by atoms with E-state index in [9.17, 15) is 9.59 Å². The molecular formula is C29H33N3O2. The van der Waals surface area contributed by atoms with E-state index in [0.717, 1.165) is 29.8 Å². The first-order chi connectivity index (χ1) is 16.6. The normalized spacial score (nSPS) is 14.2. The second-order valence-electron chi connectivity index (χ2n) is 8.96. The highest BCUT2D eigenvalue weighted by Gasteiger charge is 2.22. The largest absolute Gasteiger partial charge is 0.345 e. The second kappa shape index (κ2) is 11.6. The Labute approximate surface area is 202 Å². The molecule has 0 atom stereocenters. The van der Waals surface area contributed by atoms with Crippen molar-refractivity contribution in [2.45, 2.75) is 25.8 Å². The molecule has 3 aromatic carbocycles. The summed E-state index contributed by atoms with van der Waals surface area (Å²) in [5.41, 5.74) is 4.40. The van der Waals surface area contributed by atoms with Gasteiger partial charge >= 0.3 is 0 Å². The van der Waals surface area contributed by atoms with Crippen molar-refractivity contribution in [3.63, 3.8) is 0 Å². The smallest absolute Gasteiger partial charge is 0.227 e. The molecular weight excluding hydrogens is 422 g/mol. The molecule has 1 heterocycles. The third-order valence-corrected chi connectivity index (χ3v) is 6.43. The van der Waals surface area contributed by atoms with E-state index in [2.05, 4.69) is 17.1 Å². The molecule has 2 amide bonds. The van der Waals surface area contributed by atoms with Crippen molar-refractivity contribution in [1.29, 1.82) is 0 Å². The number of nitrogens with zero attached hydrogens (tertiary/aromatic N) is 2. The van der Waals surface area contributed by atoms with Gasteiger partial charge in [-0.1, -0.05) is 90.5 Å². The van der Waals surface area contributed by atoms with E-state index in [1.807, 2.05) is 89.8 Å². The van der Waals surface area contributed by atoms with Gasteiger partial charge in [-0.05, 0) is 23.6 Å². The second-order valence-corrected chi connectivity index (χ2v) is 8.96. The molecule has 1 N–H and O–H groups in total. The van der Waals surface area contributed by atoms with Gasteiger partial charge in [0.25, 0.3) is 0 Å². The molecule has 4 rings (SSSR count). The van der Waals surface area contributed by atoms with Crippen molar-refractivity contribution in [3.05, 3.63) is 107 Å². The Morgan fingerprint density at radius 1 is 0.794 bits per heavy atom. The Morgan fingerprint density at radius 2 is 1.35 bits per heavy atom. The number of carbonyl (C=O) groups is 2.